The minimum atomic E-state index is -1.45. The average molecular weight is 683 g/mol. The minimum absolute atomic E-state index is 0.0442. The number of likely N-dealkylation sites (tertiary alicyclic amines) is 1. The minimum Gasteiger partial charge on any atom is -0.497 e. The normalized spacial score (nSPS) is 19.8. The fourth-order valence-electron chi connectivity index (χ4n) is 6.00. The molecular formula is C36H54N6O7. The summed E-state index contributed by atoms with van der Waals surface area (Å²) >= 11 is 0. The monoisotopic (exact) mass is 682 g/mol. The molecule has 5 atom stereocenters. The number of aliphatic hydroxyl groups excluding tert-OH is 1. The largest absolute Gasteiger partial charge is 0.497 e. The van der Waals surface area contributed by atoms with Crippen LogP contribution in [0.25, 0.3) is 10.8 Å². The summed E-state index contributed by atoms with van der Waals surface area (Å²) in [6, 6.07) is 4.16. The highest BCUT2D eigenvalue weighted by Gasteiger charge is 2.47. The van der Waals surface area contributed by atoms with E-state index in [4.69, 9.17) is 9.47 Å². The number of ether oxygens (including phenoxy) is 2. The molecule has 3 unspecified atom stereocenters. The van der Waals surface area contributed by atoms with Crippen molar-refractivity contribution in [3.05, 3.63) is 30.0 Å². The smallest absolute Gasteiger partial charge is 0.315 e. The molecule has 1 saturated carbocycles. The molecule has 0 bridgehead atoms. The van der Waals surface area contributed by atoms with Gasteiger partial charge >= 0.3 is 6.03 Å². The molecule has 4 rings (SSSR count). The Balaban J connectivity index is 1.65. The van der Waals surface area contributed by atoms with E-state index in [0.717, 1.165) is 29.3 Å². The van der Waals surface area contributed by atoms with Gasteiger partial charge in [0.15, 0.2) is 6.10 Å². The van der Waals surface area contributed by atoms with Crippen LogP contribution in [0.5, 0.6) is 11.6 Å². The van der Waals surface area contributed by atoms with Gasteiger partial charge in [0.05, 0.1) is 19.7 Å². The second kappa shape index (κ2) is 15.2. The molecule has 13 nitrogen and oxygen atoms in total. The molecule has 270 valence electrons. The molecule has 13 heteroatoms. The number of hydrogen-bond acceptors (Lipinski definition) is 8. The molecule has 2 heterocycles. The van der Waals surface area contributed by atoms with Crippen LogP contribution >= 0.6 is 0 Å². The molecule has 1 saturated heterocycles. The number of rotatable bonds is 12. The number of methoxy groups -OCH3 is 1. The van der Waals surface area contributed by atoms with Gasteiger partial charge in [-0.1, -0.05) is 34.1 Å². The summed E-state index contributed by atoms with van der Waals surface area (Å²) in [5, 5.41) is 23.9. The molecule has 2 fully saturated rings. The number of carbonyl (C=O) groups is 4. The van der Waals surface area contributed by atoms with Gasteiger partial charge in [0.2, 0.25) is 17.7 Å². The predicted octanol–water partition coefficient (Wildman–Crippen LogP) is 3.34. The number of carbonyl (C=O) groups excluding carboxylic acids is 4. The van der Waals surface area contributed by atoms with Crippen molar-refractivity contribution in [3.8, 4) is 11.6 Å². The quantitative estimate of drug-likeness (QED) is 0.227. The molecule has 1 aromatic carbocycles. The Labute approximate surface area is 289 Å². The highest BCUT2D eigenvalue weighted by molar-refractivity contribution is 5.94. The van der Waals surface area contributed by atoms with E-state index in [1.807, 2.05) is 79.7 Å². The van der Waals surface area contributed by atoms with Gasteiger partial charge in [0.25, 0.3) is 5.91 Å². The van der Waals surface area contributed by atoms with Crippen LogP contribution < -0.4 is 30.7 Å². The zero-order valence-corrected chi connectivity index (χ0v) is 30.3. The third-order valence-corrected chi connectivity index (χ3v) is 8.64. The summed E-state index contributed by atoms with van der Waals surface area (Å²) < 4.78 is 11.9. The highest BCUT2D eigenvalue weighted by atomic mass is 16.5. The highest BCUT2D eigenvalue weighted by Crippen LogP contribution is 2.32. The zero-order chi connectivity index (χ0) is 36.3. The maximum absolute atomic E-state index is 14.4. The average Bonchev–Trinajstić information content (AvgIpc) is 3.72. The predicted molar refractivity (Wildman–Crippen MR) is 186 cm³/mol. The van der Waals surface area contributed by atoms with Crippen LogP contribution in [0.15, 0.2) is 24.3 Å². The van der Waals surface area contributed by atoms with E-state index in [-0.39, 0.29) is 19.0 Å². The van der Waals surface area contributed by atoms with E-state index >= 15 is 0 Å². The molecule has 5 N–H and O–H groups in total. The first-order chi connectivity index (χ1) is 22.9. The number of aryl methyl sites for hydroxylation is 1. The van der Waals surface area contributed by atoms with Crippen LogP contribution in [0.1, 0.15) is 86.3 Å². The molecular weight excluding hydrogens is 628 g/mol. The number of nitrogens with zero attached hydrogens (tertiary/aromatic N) is 2. The number of nitrogens with one attached hydrogen (secondary N) is 4. The van der Waals surface area contributed by atoms with Crippen LogP contribution in [0.2, 0.25) is 0 Å². The second-order valence-electron chi connectivity index (χ2n) is 15.4. The lowest BCUT2D eigenvalue weighted by atomic mass is 9.85. The SMILES string of the molecule is CCC[C@H](NC(=O)C1C[C@@H](Oc2nc(C)cc3cc(OC)ccc23)CN1C(=O)C(NC(=O)NC(C)(C)C)C(C)(C)C)C(O)C(=O)NC1CC1. The number of aliphatic hydroxyl groups is 1. The van der Waals surface area contributed by atoms with Crippen LogP contribution in [0, 0.1) is 12.3 Å². The Bertz CT molecular complexity index is 1530. The second-order valence-corrected chi connectivity index (χ2v) is 15.4. The molecule has 2 aromatic rings. The third-order valence-electron chi connectivity index (χ3n) is 8.64. The van der Waals surface area contributed by atoms with Gasteiger partial charge in [0.1, 0.15) is 23.9 Å². The molecule has 0 radical (unpaired) electrons. The first-order valence-electron chi connectivity index (χ1n) is 17.2. The fraction of sp³-hybridized carbons (Fsp3) is 0.639. The number of amides is 5. The van der Waals surface area contributed by atoms with Crippen molar-refractivity contribution in [2.24, 2.45) is 5.41 Å². The number of aromatic nitrogens is 1. The number of benzene rings is 1. The van der Waals surface area contributed by atoms with E-state index in [1.165, 1.54) is 4.90 Å². The zero-order valence-electron chi connectivity index (χ0n) is 30.3. The number of fused-ring (bicyclic) bond motifs is 1. The molecule has 5 amide bonds. The van der Waals surface area contributed by atoms with Crippen LogP contribution in [0.3, 0.4) is 0 Å². The summed E-state index contributed by atoms with van der Waals surface area (Å²) in [6.07, 6.45) is 0.723. The summed E-state index contributed by atoms with van der Waals surface area (Å²) in [4.78, 5) is 60.4. The van der Waals surface area contributed by atoms with E-state index in [2.05, 4.69) is 26.3 Å². The Hall–Kier alpha value is -4.13. The van der Waals surface area contributed by atoms with E-state index in [1.54, 1.807) is 7.11 Å². The van der Waals surface area contributed by atoms with Crippen molar-refractivity contribution in [3.63, 3.8) is 0 Å². The molecule has 0 spiro atoms. The van der Waals surface area contributed by atoms with Crippen molar-refractivity contribution in [2.75, 3.05) is 13.7 Å². The van der Waals surface area contributed by atoms with Crippen molar-refractivity contribution in [1.82, 2.24) is 31.2 Å². The molecule has 1 aliphatic heterocycles. The van der Waals surface area contributed by atoms with E-state index in [9.17, 15) is 24.3 Å². The first kappa shape index (κ1) is 37.7. The number of hydrogen-bond donors (Lipinski definition) is 5. The van der Waals surface area contributed by atoms with Gasteiger partial charge in [-0.15, -0.1) is 0 Å². The summed E-state index contributed by atoms with van der Waals surface area (Å²) in [7, 11) is 1.60. The molecule has 2 aliphatic rings. The van der Waals surface area contributed by atoms with Gasteiger partial charge in [-0.3, -0.25) is 14.4 Å². The third kappa shape index (κ3) is 9.96. The maximum atomic E-state index is 14.4. The molecule has 49 heavy (non-hydrogen) atoms. The molecule has 1 aromatic heterocycles. The summed E-state index contributed by atoms with van der Waals surface area (Å²) in [6.45, 7) is 14.9. The van der Waals surface area contributed by atoms with Gasteiger partial charge in [-0.25, -0.2) is 9.78 Å². The van der Waals surface area contributed by atoms with Gasteiger partial charge in [0, 0.05) is 29.1 Å². The number of urea groups is 1. The van der Waals surface area contributed by atoms with Crippen molar-refractivity contribution in [1.29, 1.82) is 0 Å². The Morgan fingerprint density at radius 2 is 1.76 bits per heavy atom. The van der Waals surface area contributed by atoms with E-state index in [0.29, 0.717) is 24.5 Å². The Morgan fingerprint density at radius 3 is 2.35 bits per heavy atom. The van der Waals surface area contributed by atoms with Crippen LogP contribution in [-0.4, -0.2) is 94.3 Å². The first-order valence-corrected chi connectivity index (χ1v) is 17.2. The van der Waals surface area contributed by atoms with Crippen LogP contribution in [-0.2, 0) is 14.4 Å². The Kier molecular flexibility index (Phi) is 11.7. The topological polar surface area (TPSA) is 171 Å². The lowest BCUT2D eigenvalue weighted by Gasteiger charge is -2.36. The fourth-order valence-corrected chi connectivity index (χ4v) is 6.00. The number of pyridine rings is 1. The van der Waals surface area contributed by atoms with Gasteiger partial charge in [-0.2, -0.15) is 0 Å². The van der Waals surface area contributed by atoms with Crippen molar-refractivity contribution >= 4 is 34.5 Å². The molecule has 1 aliphatic carbocycles. The Morgan fingerprint density at radius 1 is 1.06 bits per heavy atom. The summed E-state index contributed by atoms with van der Waals surface area (Å²) in [5.41, 5.74) is -0.542. The van der Waals surface area contributed by atoms with E-state index < -0.39 is 65.0 Å². The summed E-state index contributed by atoms with van der Waals surface area (Å²) in [5.74, 6) is -0.451. The lowest BCUT2D eigenvalue weighted by Crippen LogP contribution is -2.61. The van der Waals surface area contributed by atoms with Crippen molar-refractivity contribution in [2.45, 2.75) is 129 Å². The standard InChI is InChI=1S/C36H54N6O7/c1-10-11-26(28(43)31(45)38-22-12-13-22)39-30(44)27-18-24(49-32-25-15-14-23(48-9)17-21(25)16-20(2)37-32)19-42(27)33(46)29(35(3,4)5)40-34(47)41-36(6,7)8/h14-17,22,24,26-29,43H,10-13,18-19H2,1-9H3,(H,38,45)(H,39,44)(H2,40,41,47)/t24-,26+,27?,28?,29?/m1/s1. The van der Waals surface area contributed by atoms with Gasteiger partial charge in [-0.05, 0) is 82.0 Å². The van der Waals surface area contributed by atoms with Crippen molar-refractivity contribution < 1.29 is 33.8 Å². The van der Waals surface area contributed by atoms with Crippen LogP contribution in [0.4, 0.5) is 4.79 Å². The maximum Gasteiger partial charge on any atom is 0.315 e. The van der Waals surface area contributed by atoms with Gasteiger partial charge < -0.3 is 40.7 Å². The lowest BCUT2D eigenvalue weighted by molar-refractivity contribution is -0.143.